The Balaban J connectivity index is 1.64. The third-order valence-electron chi connectivity index (χ3n) is 3.09. The van der Waals surface area contributed by atoms with E-state index in [1.54, 1.807) is 11.8 Å². The van der Waals surface area contributed by atoms with Gasteiger partial charge in [-0.2, -0.15) is 0 Å². The van der Waals surface area contributed by atoms with Crippen molar-refractivity contribution in [3.63, 3.8) is 0 Å². The largest absolute Gasteiger partial charge is 0.489 e. The number of anilines is 1. The Kier molecular flexibility index (Phi) is 3.58. The van der Waals surface area contributed by atoms with Crippen LogP contribution in [0.3, 0.4) is 0 Å². The molecule has 2 aromatic rings. The smallest absolute Gasteiger partial charge is 0.123 e. The van der Waals surface area contributed by atoms with Crippen LogP contribution in [-0.2, 0) is 6.42 Å². The van der Waals surface area contributed by atoms with Crippen LogP contribution in [0.5, 0.6) is 5.75 Å². The lowest BCUT2D eigenvalue weighted by molar-refractivity contribution is 0.259. The highest BCUT2D eigenvalue weighted by Gasteiger charge is 2.22. The highest BCUT2D eigenvalue weighted by atomic mass is 35.5. The van der Waals surface area contributed by atoms with Gasteiger partial charge in [0.15, 0.2) is 0 Å². The number of nitrogens with two attached hydrogens (primary N) is 1. The molecule has 98 valence electrons. The summed E-state index contributed by atoms with van der Waals surface area (Å²) in [6.07, 6.45) is 1.17. The summed E-state index contributed by atoms with van der Waals surface area (Å²) in [5, 5.41) is 0.745. The van der Waals surface area contributed by atoms with E-state index in [2.05, 4.69) is 6.07 Å². The number of thioether (sulfide) groups is 1. The number of ether oxygens (including phenoxy) is 1. The Morgan fingerprint density at radius 3 is 2.95 bits per heavy atom. The Morgan fingerprint density at radius 2 is 2.11 bits per heavy atom. The molecule has 2 nitrogen and oxygen atoms in total. The van der Waals surface area contributed by atoms with Gasteiger partial charge in [-0.25, -0.2) is 0 Å². The first-order chi connectivity index (χ1) is 9.22. The van der Waals surface area contributed by atoms with Crippen LogP contribution in [0.1, 0.15) is 5.56 Å². The van der Waals surface area contributed by atoms with E-state index in [1.807, 2.05) is 36.4 Å². The summed E-state index contributed by atoms with van der Waals surface area (Å²) in [4.78, 5) is 1.02. The maximum absolute atomic E-state index is 6.15. The van der Waals surface area contributed by atoms with Crippen molar-refractivity contribution in [2.24, 2.45) is 0 Å². The summed E-state index contributed by atoms with van der Waals surface area (Å²) in [5.41, 5.74) is 7.80. The molecule has 1 atom stereocenters. The van der Waals surface area contributed by atoms with E-state index in [4.69, 9.17) is 22.1 Å². The molecule has 0 amide bonds. The number of nitrogen functional groups attached to an aromatic ring is 1. The molecule has 0 spiro atoms. The van der Waals surface area contributed by atoms with Crippen LogP contribution >= 0.6 is 23.4 Å². The fourth-order valence-corrected chi connectivity index (χ4v) is 3.42. The molecule has 1 aliphatic heterocycles. The molecule has 0 bridgehead atoms. The third-order valence-corrected chi connectivity index (χ3v) is 4.72. The lowest BCUT2D eigenvalue weighted by Crippen LogP contribution is -2.15. The van der Waals surface area contributed by atoms with Crippen LogP contribution in [0.25, 0.3) is 0 Å². The molecule has 0 saturated carbocycles. The molecule has 1 unspecified atom stereocenters. The highest BCUT2D eigenvalue weighted by Crippen LogP contribution is 2.34. The van der Waals surface area contributed by atoms with Crippen molar-refractivity contribution < 1.29 is 4.74 Å². The van der Waals surface area contributed by atoms with Gasteiger partial charge in [-0.15, -0.1) is 11.8 Å². The van der Waals surface area contributed by atoms with Gasteiger partial charge in [0.05, 0.1) is 5.02 Å². The van der Waals surface area contributed by atoms with E-state index in [9.17, 15) is 0 Å². The zero-order valence-electron chi connectivity index (χ0n) is 10.3. The van der Waals surface area contributed by atoms with E-state index in [-0.39, 0.29) is 6.10 Å². The van der Waals surface area contributed by atoms with Gasteiger partial charge in [0.2, 0.25) is 0 Å². The van der Waals surface area contributed by atoms with Gasteiger partial charge >= 0.3 is 0 Å². The second-order valence-corrected chi connectivity index (χ2v) is 6.02. The zero-order chi connectivity index (χ0) is 13.2. The molecular formula is C15H14ClNOS. The minimum absolute atomic E-state index is 0.208. The summed E-state index contributed by atoms with van der Waals surface area (Å²) in [6, 6.07) is 13.8. The van der Waals surface area contributed by atoms with Gasteiger partial charge in [0, 0.05) is 22.8 Å². The molecule has 2 N–H and O–H groups in total. The van der Waals surface area contributed by atoms with Gasteiger partial charge in [-0.1, -0.05) is 29.8 Å². The molecule has 0 saturated heterocycles. The number of rotatable bonds is 3. The van der Waals surface area contributed by atoms with Crippen molar-refractivity contribution in [3.05, 3.63) is 53.1 Å². The topological polar surface area (TPSA) is 35.2 Å². The van der Waals surface area contributed by atoms with Crippen molar-refractivity contribution in [2.75, 3.05) is 11.5 Å². The zero-order valence-corrected chi connectivity index (χ0v) is 11.9. The van der Waals surface area contributed by atoms with E-state index >= 15 is 0 Å². The number of fused-ring (bicyclic) bond motifs is 1. The van der Waals surface area contributed by atoms with E-state index in [0.29, 0.717) is 0 Å². The maximum atomic E-state index is 6.15. The van der Waals surface area contributed by atoms with Crippen LogP contribution < -0.4 is 10.5 Å². The quantitative estimate of drug-likeness (QED) is 0.685. The molecule has 0 fully saturated rings. The molecule has 0 radical (unpaired) electrons. The van der Waals surface area contributed by atoms with E-state index in [1.165, 1.54) is 5.56 Å². The van der Waals surface area contributed by atoms with Crippen molar-refractivity contribution in [1.29, 1.82) is 0 Å². The minimum atomic E-state index is 0.208. The average molecular weight is 292 g/mol. The summed E-state index contributed by atoms with van der Waals surface area (Å²) in [5.74, 6) is 1.88. The fourth-order valence-electron chi connectivity index (χ4n) is 2.16. The van der Waals surface area contributed by atoms with Crippen molar-refractivity contribution in [2.45, 2.75) is 17.4 Å². The van der Waals surface area contributed by atoms with Gasteiger partial charge in [-0.3, -0.25) is 0 Å². The van der Waals surface area contributed by atoms with E-state index < -0.39 is 0 Å². The third kappa shape index (κ3) is 2.82. The lowest BCUT2D eigenvalue weighted by Gasteiger charge is -2.11. The number of para-hydroxylation sites is 1. The summed E-state index contributed by atoms with van der Waals surface area (Å²) >= 11 is 7.85. The predicted octanol–water partition coefficient (Wildman–Crippen LogP) is 4.02. The van der Waals surface area contributed by atoms with Crippen LogP contribution in [0, 0.1) is 0 Å². The summed E-state index contributed by atoms with van der Waals surface area (Å²) in [7, 11) is 0. The molecule has 0 aromatic heterocycles. The van der Waals surface area contributed by atoms with Crippen molar-refractivity contribution >= 4 is 29.1 Å². The van der Waals surface area contributed by atoms with Crippen molar-refractivity contribution in [3.8, 4) is 5.75 Å². The SMILES string of the molecule is Nc1ccc(Cl)c(SCC2Cc3ccccc3O2)c1. The molecule has 0 aliphatic carbocycles. The van der Waals surface area contributed by atoms with Crippen LogP contribution in [0.15, 0.2) is 47.4 Å². The Morgan fingerprint density at radius 1 is 1.26 bits per heavy atom. The van der Waals surface area contributed by atoms with Gasteiger partial charge in [-0.05, 0) is 29.8 Å². The Bertz CT molecular complexity index is 577. The van der Waals surface area contributed by atoms with Gasteiger partial charge < -0.3 is 10.5 Å². The normalized spacial score (nSPS) is 17.0. The molecule has 3 rings (SSSR count). The molecule has 4 heteroatoms. The standard InChI is InChI=1S/C15H14ClNOS/c16-13-6-5-11(17)8-15(13)19-9-12-7-10-3-1-2-4-14(10)18-12/h1-6,8,12H,7,9,17H2. The Labute approximate surface area is 121 Å². The lowest BCUT2D eigenvalue weighted by atomic mass is 10.1. The Hall–Kier alpha value is -1.32. The van der Waals surface area contributed by atoms with E-state index in [0.717, 1.165) is 33.5 Å². The molecular weight excluding hydrogens is 278 g/mol. The first-order valence-electron chi connectivity index (χ1n) is 6.15. The highest BCUT2D eigenvalue weighted by molar-refractivity contribution is 7.99. The predicted molar refractivity (Wildman–Crippen MR) is 81.2 cm³/mol. The van der Waals surface area contributed by atoms with Gasteiger partial charge in [0.1, 0.15) is 11.9 Å². The summed E-state index contributed by atoms with van der Waals surface area (Å²) in [6.45, 7) is 0. The fraction of sp³-hybridized carbons (Fsp3) is 0.200. The minimum Gasteiger partial charge on any atom is -0.489 e. The number of hydrogen-bond acceptors (Lipinski definition) is 3. The van der Waals surface area contributed by atoms with Crippen molar-refractivity contribution in [1.82, 2.24) is 0 Å². The molecule has 1 heterocycles. The molecule has 1 aliphatic rings. The number of benzene rings is 2. The first kappa shape index (κ1) is 12.7. The second-order valence-electron chi connectivity index (χ2n) is 4.55. The van der Waals surface area contributed by atoms with Crippen LogP contribution in [0.2, 0.25) is 5.02 Å². The first-order valence-corrected chi connectivity index (χ1v) is 7.51. The number of hydrogen-bond donors (Lipinski definition) is 1. The van der Waals surface area contributed by atoms with Gasteiger partial charge in [0.25, 0.3) is 0 Å². The monoisotopic (exact) mass is 291 g/mol. The molecule has 19 heavy (non-hydrogen) atoms. The maximum Gasteiger partial charge on any atom is 0.123 e. The number of halogens is 1. The molecule has 2 aromatic carbocycles. The summed E-state index contributed by atoms with van der Waals surface area (Å²) < 4.78 is 5.90. The average Bonchev–Trinajstić information content (AvgIpc) is 2.82. The van der Waals surface area contributed by atoms with Crippen LogP contribution in [-0.4, -0.2) is 11.9 Å². The second kappa shape index (κ2) is 5.35. The van der Waals surface area contributed by atoms with Crippen LogP contribution in [0.4, 0.5) is 5.69 Å².